The van der Waals surface area contributed by atoms with Crippen molar-refractivity contribution in [3.8, 4) is 0 Å². The van der Waals surface area contributed by atoms with Crippen molar-refractivity contribution < 1.29 is 0 Å². The lowest BCUT2D eigenvalue weighted by Crippen LogP contribution is -1.94. The average Bonchev–Trinajstić information content (AvgIpc) is 2.26. The summed E-state index contributed by atoms with van der Waals surface area (Å²) in [6, 6.07) is 10.2. The van der Waals surface area contributed by atoms with Crippen molar-refractivity contribution in [2.24, 2.45) is 0 Å². The van der Waals surface area contributed by atoms with E-state index in [4.69, 9.17) is 0 Å². The minimum Gasteiger partial charge on any atom is -0.385 e. The molecule has 0 amide bonds. The zero-order chi connectivity index (χ0) is 10.5. The van der Waals surface area contributed by atoms with E-state index in [0.29, 0.717) is 0 Å². The molecule has 1 heteroatoms. The summed E-state index contributed by atoms with van der Waals surface area (Å²) < 4.78 is 0. The maximum absolute atomic E-state index is 3.21. The summed E-state index contributed by atoms with van der Waals surface area (Å²) >= 11 is 0. The van der Waals surface area contributed by atoms with Gasteiger partial charge >= 0.3 is 0 Å². The van der Waals surface area contributed by atoms with Crippen LogP contribution in [-0.4, -0.2) is 6.54 Å². The van der Waals surface area contributed by atoms with E-state index >= 15 is 0 Å². The molecule has 0 saturated heterocycles. The summed E-state index contributed by atoms with van der Waals surface area (Å²) in [7, 11) is 0. The lowest BCUT2D eigenvalue weighted by atomic mass is 10.3. The summed E-state index contributed by atoms with van der Waals surface area (Å²) in [4.78, 5) is 0. The third-order valence-electron chi connectivity index (χ3n) is 1.15. The minimum atomic E-state index is 0.990. The Morgan fingerprint density at radius 2 is 1.38 bits per heavy atom. The second-order valence-corrected chi connectivity index (χ2v) is 1.90. The number of para-hydroxylation sites is 1. The highest BCUT2D eigenvalue weighted by Gasteiger charge is 1.81. The van der Waals surface area contributed by atoms with Crippen molar-refractivity contribution in [2.45, 2.75) is 34.6 Å². The van der Waals surface area contributed by atoms with Crippen LogP contribution < -0.4 is 5.32 Å². The van der Waals surface area contributed by atoms with E-state index in [9.17, 15) is 0 Å². The molecule has 1 rings (SSSR count). The van der Waals surface area contributed by atoms with Crippen molar-refractivity contribution in [2.75, 3.05) is 11.9 Å². The zero-order valence-corrected chi connectivity index (χ0v) is 9.59. The standard InChI is InChI=1S/C8H11N.2C2H6/c1-2-9-8-6-4-3-5-7-8;2*1-2/h3-7,9H,2H2,1H3;2*1-2H3. The Balaban J connectivity index is 0. The van der Waals surface area contributed by atoms with Crippen LogP contribution in [0.25, 0.3) is 0 Å². The monoisotopic (exact) mass is 181 g/mol. The smallest absolute Gasteiger partial charge is 0.0340 e. The number of rotatable bonds is 2. The Bertz CT molecular complexity index is 158. The molecule has 0 unspecified atom stereocenters. The first-order valence-corrected chi connectivity index (χ1v) is 5.22. The van der Waals surface area contributed by atoms with E-state index in [1.165, 1.54) is 5.69 Å². The quantitative estimate of drug-likeness (QED) is 0.722. The Morgan fingerprint density at radius 3 is 1.77 bits per heavy atom. The molecule has 13 heavy (non-hydrogen) atoms. The highest BCUT2D eigenvalue weighted by molar-refractivity contribution is 5.41. The fourth-order valence-electron chi connectivity index (χ4n) is 0.760. The van der Waals surface area contributed by atoms with Gasteiger partial charge in [0.25, 0.3) is 0 Å². The van der Waals surface area contributed by atoms with Crippen molar-refractivity contribution in [1.82, 2.24) is 0 Å². The van der Waals surface area contributed by atoms with Crippen molar-refractivity contribution >= 4 is 5.69 Å². The van der Waals surface area contributed by atoms with E-state index in [0.717, 1.165) is 6.54 Å². The van der Waals surface area contributed by atoms with Gasteiger partial charge in [0.2, 0.25) is 0 Å². The zero-order valence-electron chi connectivity index (χ0n) is 9.59. The summed E-state index contributed by atoms with van der Waals surface area (Å²) in [5, 5.41) is 3.21. The van der Waals surface area contributed by atoms with Gasteiger partial charge in [-0.05, 0) is 19.1 Å². The number of hydrogen-bond acceptors (Lipinski definition) is 1. The fourth-order valence-corrected chi connectivity index (χ4v) is 0.760. The molecule has 76 valence electrons. The largest absolute Gasteiger partial charge is 0.385 e. The Morgan fingerprint density at radius 1 is 0.923 bits per heavy atom. The van der Waals surface area contributed by atoms with Crippen LogP contribution in [0.3, 0.4) is 0 Å². The molecule has 0 aliphatic carbocycles. The third-order valence-corrected chi connectivity index (χ3v) is 1.15. The molecule has 0 heterocycles. The van der Waals surface area contributed by atoms with Crippen LogP contribution in [0.1, 0.15) is 34.6 Å². The van der Waals surface area contributed by atoms with Gasteiger partial charge in [0.05, 0.1) is 0 Å². The minimum absolute atomic E-state index is 0.990. The van der Waals surface area contributed by atoms with Crippen LogP contribution in [0.4, 0.5) is 5.69 Å². The van der Waals surface area contributed by atoms with Gasteiger partial charge in [-0.25, -0.2) is 0 Å². The van der Waals surface area contributed by atoms with Gasteiger partial charge in [-0.15, -0.1) is 0 Å². The summed E-state index contributed by atoms with van der Waals surface area (Å²) in [6.45, 7) is 11.1. The van der Waals surface area contributed by atoms with Crippen molar-refractivity contribution in [3.63, 3.8) is 0 Å². The first-order chi connectivity index (χ1) is 6.43. The molecule has 1 aromatic carbocycles. The summed E-state index contributed by atoms with van der Waals surface area (Å²) in [5.41, 5.74) is 1.19. The summed E-state index contributed by atoms with van der Waals surface area (Å²) in [6.07, 6.45) is 0. The molecular weight excluding hydrogens is 158 g/mol. The number of anilines is 1. The van der Waals surface area contributed by atoms with E-state index < -0.39 is 0 Å². The first kappa shape index (κ1) is 14.5. The Labute approximate surface area is 83.2 Å². The topological polar surface area (TPSA) is 12.0 Å². The van der Waals surface area contributed by atoms with Crippen molar-refractivity contribution in [3.05, 3.63) is 30.3 Å². The lowest BCUT2D eigenvalue weighted by molar-refractivity contribution is 1.21. The SMILES string of the molecule is CC.CC.CCNc1ccccc1. The fraction of sp³-hybridized carbons (Fsp3) is 0.500. The van der Waals surface area contributed by atoms with Gasteiger partial charge in [-0.2, -0.15) is 0 Å². The maximum atomic E-state index is 3.21. The molecule has 0 spiro atoms. The average molecular weight is 181 g/mol. The molecular formula is C12H23N. The Kier molecular flexibility index (Phi) is 15.2. The van der Waals surface area contributed by atoms with Crippen LogP contribution in [0.5, 0.6) is 0 Å². The van der Waals surface area contributed by atoms with Crippen LogP contribution >= 0.6 is 0 Å². The maximum Gasteiger partial charge on any atom is 0.0340 e. The molecule has 0 aliphatic rings. The van der Waals surface area contributed by atoms with Gasteiger partial charge < -0.3 is 5.32 Å². The molecule has 0 atom stereocenters. The molecule has 0 aromatic heterocycles. The second-order valence-electron chi connectivity index (χ2n) is 1.90. The van der Waals surface area contributed by atoms with E-state index in [2.05, 4.69) is 24.4 Å². The molecule has 0 bridgehead atoms. The van der Waals surface area contributed by atoms with Crippen LogP contribution in [0.2, 0.25) is 0 Å². The normalized spacial score (nSPS) is 7.15. The van der Waals surface area contributed by atoms with Crippen LogP contribution in [0.15, 0.2) is 30.3 Å². The first-order valence-electron chi connectivity index (χ1n) is 5.22. The predicted molar refractivity (Wildman–Crippen MR) is 63.3 cm³/mol. The molecule has 0 aliphatic heterocycles. The molecule has 1 nitrogen and oxygen atoms in total. The highest BCUT2D eigenvalue weighted by Crippen LogP contribution is 2.02. The van der Waals surface area contributed by atoms with Gasteiger partial charge in [-0.3, -0.25) is 0 Å². The van der Waals surface area contributed by atoms with Gasteiger partial charge in [0.1, 0.15) is 0 Å². The van der Waals surface area contributed by atoms with Crippen LogP contribution in [0, 0.1) is 0 Å². The molecule has 0 radical (unpaired) electrons. The highest BCUT2D eigenvalue weighted by atomic mass is 14.8. The van der Waals surface area contributed by atoms with E-state index in [-0.39, 0.29) is 0 Å². The van der Waals surface area contributed by atoms with Gasteiger partial charge in [0.15, 0.2) is 0 Å². The second kappa shape index (κ2) is 13.6. The molecule has 0 fully saturated rings. The third kappa shape index (κ3) is 8.93. The van der Waals surface area contributed by atoms with Gasteiger partial charge in [-0.1, -0.05) is 45.9 Å². The Hall–Kier alpha value is -0.980. The number of hydrogen-bond donors (Lipinski definition) is 1. The van der Waals surface area contributed by atoms with Crippen molar-refractivity contribution in [1.29, 1.82) is 0 Å². The van der Waals surface area contributed by atoms with Crippen LogP contribution in [-0.2, 0) is 0 Å². The van der Waals surface area contributed by atoms with E-state index in [1.54, 1.807) is 0 Å². The molecule has 0 saturated carbocycles. The van der Waals surface area contributed by atoms with Gasteiger partial charge in [0, 0.05) is 12.2 Å². The number of nitrogens with one attached hydrogen (secondary N) is 1. The molecule has 1 N–H and O–H groups in total. The molecule has 1 aromatic rings. The van der Waals surface area contributed by atoms with E-state index in [1.807, 2.05) is 45.9 Å². The lowest BCUT2D eigenvalue weighted by Gasteiger charge is -1.99. The summed E-state index contributed by atoms with van der Waals surface area (Å²) in [5.74, 6) is 0. The number of benzene rings is 1. The predicted octanol–water partition coefficient (Wildman–Crippen LogP) is 4.17.